The number of pyridine rings is 1. The van der Waals surface area contributed by atoms with Crippen molar-refractivity contribution in [1.29, 1.82) is 0 Å². The Kier molecular flexibility index (Phi) is 4.07. The third-order valence-electron chi connectivity index (χ3n) is 5.13. The third kappa shape index (κ3) is 2.86. The minimum atomic E-state index is -0.0812. The van der Waals surface area contributed by atoms with Gasteiger partial charge >= 0.3 is 0 Å². The number of nitrogens with zero attached hydrogens (tertiary/aromatic N) is 1. The number of carbonyl (C=O) groups excluding carboxylic acids is 1. The average Bonchev–Trinajstić information content (AvgIpc) is 3.09. The maximum absolute atomic E-state index is 12.3. The minimum Gasteiger partial charge on any atom is -0.372 e. The predicted molar refractivity (Wildman–Crippen MR) is 84.7 cm³/mol. The average molecular weight is 308 g/mol. The molecule has 0 saturated heterocycles. The molecule has 2 fully saturated rings. The fraction of sp³-hybridized carbons (Fsp3) is 0.625. The van der Waals surface area contributed by atoms with Gasteiger partial charge in [-0.05, 0) is 50.0 Å². The lowest BCUT2D eigenvalue weighted by Gasteiger charge is -2.28. The summed E-state index contributed by atoms with van der Waals surface area (Å²) in [5, 5.41) is 6.49. The Bertz CT molecular complexity index is 548. The van der Waals surface area contributed by atoms with Crippen molar-refractivity contribution in [3.8, 4) is 0 Å². The summed E-state index contributed by atoms with van der Waals surface area (Å²) in [5.41, 5.74) is 0.522. The van der Waals surface area contributed by atoms with Crippen molar-refractivity contribution >= 4 is 23.3 Å². The standard InChI is InChI=1S/C16H22ClN3O/c1-9(13-6-10-3-4-11(13)5-10)20-16(21)12-7-14(17)15(18-2)19-8-12/h7-11,13H,3-6H2,1-2H3,(H,18,19)(H,20,21). The summed E-state index contributed by atoms with van der Waals surface area (Å²) in [7, 11) is 1.76. The molecule has 1 amide bonds. The van der Waals surface area contributed by atoms with Crippen molar-refractivity contribution in [3.63, 3.8) is 0 Å². The van der Waals surface area contributed by atoms with Gasteiger partial charge in [0, 0.05) is 19.3 Å². The molecule has 0 spiro atoms. The SMILES string of the molecule is CNc1ncc(C(=O)NC(C)C2CC3CCC2C3)cc1Cl. The van der Waals surface area contributed by atoms with Gasteiger partial charge in [0.15, 0.2) is 0 Å². The second kappa shape index (κ2) is 5.84. The van der Waals surface area contributed by atoms with Crippen molar-refractivity contribution in [1.82, 2.24) is 10.3 Å². The molecular formula is C16H22ClN3O. The third-order valence-corrected chi connectivity index (χ3v) is 5.42. The summed E-state index contributed by atoms with van der Waals surface area (Å²) < 4.78 is 0. The molecule has 3 rings (SSSR count). The smallest absolute Gasteiger partial charge is 0.253 e. The molecule has 114 valence electrons. The van der Waals surface area contributed by atoms with E-state index in [4.69, 9.17) is 11.6 Å². The van der Waals surface area contributed by atoms with Crippen LogP contribution in [0.25, 0.3) is 0 Å². The number of hydrogen-bond donors (Lipinski definition) is 2. The van der Waals surface area contributed by atoms with Gasteiger partial charge < -0.3 is 10.6 Å². The van der Waals surface area contributed by atoms with Crippen LogP contribution < -0.4 is 10.6 Å². The molecule has 2 aliphatic rings. The van der Waals surface area contributed by atoms with E-state index in [1.165, 1.54) is 25.7 Å². The first kappa shape index (κ1) is 14.6. The number of hydrogen-bond acceptors (Lipinski definition) is 3. The van der Waals surface area contributed by atoms with E-state index < -0.39 is 0 Å². The highest BCUT2D eigenvalue weighted by atomic mass is 35.5. The molecule has 0 radical (unpaired) electrons. The number of anilines is 1. The zero-order chi connectivity index (χ0) is 15.0. The molecule has 2 saturated carbocycles. The molecule has 1 aromatic rings. The highest BCUT2D eigenvalue weighted by molar-refractivity contribution is 6.33. The molecule has 4 atom stereocenters. The lowest BCUT2D eigenvalue weighted by molar-refractivity contribution is 0.0915. The van der Waals surface area contributed by atoms with Gasteiger partial charge in [-0.25, -0.2) is 4.98 Å². The van der Waals surface area contributed by atoms with Crippen LogP contribution in [-0.2, 0) is 0 Å². The molecule has 0 aliphatic heterocycles. The van der Waals surface area contributed by atoms with Crippen LogP contribution in [0.2, 0.25) is 5.02 Å². The zero-order valence-electron chi connectivity index (χ0n) is 12.5. The molecule has 2 bridgehead atoms. The minimum absolute atomic E-state index is 0.0812. The van der Waals surface area contributed by atoms with E-state index in [2.05, 4.69) is 22.5 Å². The largest absolute Gasteiger partial charge is 0.372 e. The van der Waals surface area contributed by atoms with Crippen molar-refractivity contribution in [2.45, 2.75) is 38.6 Å². The maximum atomic E-state index is 12.3. The van der Waals surface area contributed by atoms with Crippen molar-refractivity contribution < 1.29 is 4.79 Å². The summed E-state index contributed by atoms with van der Waals surface area (Å²) in [4.78, 5) is 16.5. The Morgan fingerprint density at radius 2 is 2.24 bits per heavy atom. The Morgan fingerprint density at radius 1 is 1.43 bits per heavy atom. The predicted octanol–water partition coefficient (Wildman–Crippen LogP) is 3.33. The zero-order valence-corrected chi connectivity index (χ0v) is 13.3. The fourth-order valence-corrected chi connectivity index (χ4v) is 4.31. The second-order valence-electron chi connectivity index (χ2n) is 6.41. The van der Waals surface area contributed by atoms with Crippen molar-refractivity contribution in [3.05, 3.63) is 22.8 Å². The van der Waals surface area contributed by atoms with Gasteiger partial charge in [-0.3, -0.25) is 4.79 Å². The van der Waals surface area contributed by atoms with Crippen LogP contribution in [-0.4, -0.2) is 24.0 Å². The number of halogens is 1. The van der Waals surface area contributed by atoms with Gasteiger partial charge in [0.2, 0.25) is 0 Å². The van der Waals surface area contributed by atoms with E-state index >= 15 is 0 Å². The van der Waals surface area contributed by atoms with Crippen molar-refractivity contribution in [2.24, 2.45) is 17.8 Å². The van der Waals surface area contributed by atoms with Gasteiger partial charge in [0.05, 0.1) is 10.6 Å². The van der Waals surface area contributed by atoms with Gasteiger partial charge in [-0.15, -0.1) is 0 Å². The molecule has 4 nitrogen and oxygen atoms in total. The molecular weight excluding hydrogens is 286 g/mol. The molecule has 1 heterocycles. The number of rotatable bonds is 4. The first-order valence-electron chi connectivity index (χ1n) is 7.72. The van der Waals surface area contributed by atoms with E-state index in [0.29, 0.717) is 22.3 Å². The first-order chi connectivity index (χ1) is 10.1. The van der Waals surface area contributed by atoms with E-state index in [-0.39, 0.29) is 11.9 Å². The lowest BCUT2D eigenvalue weighted by Crippen LogP contribution is -2.40. The molecule has 0 aromatic carbocycles. The maximum Gasteiger partial charge on any atom is 0.253 e. The first-order valence-corrected chi connectivity index (χ1v) is 8.10. The summed E-state index contributed by atoms with van der Waals surface area (Å²) in [6, 6.07) is 1.89. The highest BCUT2D eigenvalue weighted by Crippen LogP contribution is 2.49. The van der Waals surface area contributed by atoms with Crippen LogP contribution >= 0.6 is 11.6 Å². The van der Waals surface area contributed by atoms with E-state index in [1.54, 1.807) is 19.3 Å². The summed E-state index contributed by atoms with van der Waals surface area (Å²) in [6.07, 6.45) is 6.91. The van der Waals surface area contributed by atoms with Crippen LogP contribution in [0.3, 0.4) is 0 Å². The van der Waals surface area contributed by atoms with Crippen LogP contribution in [0.15, 0.2) is 12.3 Å². The Balaban J connectivity index is 1.64. The number of fused-ring (bicyclic) bond motifs is 2. The second-order valence-corrected chi connectivity index (χ2v) is 6.81. The number of aromatic nitrogens is 1. The summed E-state index contributed by atoms with van der Waals surface area (Å²) in [5.74, 6) is 2.84. The van der Waals surface area contributed by atoms with Gasteiger partial charge in [0.1, 0.15) is 5.82 Å². The van der Waals surface area contributed by atoms with Gasteiger partial charge in [0.25, 0.3) is 5.91 Å². The monoisotopic (exact) mass is 307 g/mol. The van der Waals surface area contributed by atoms with E-state index in [0.717, 1.165) is 11.8 Å². The van der Waals surface area contributed by atoms with Crippen LogP contribution in [0.1, 0.15) is 43.0 Å². The normalized spacial score (nSPS) is 28.4. The Morgan fingerprint density at radius 3 is 2.81 bits per heavy atom. The molecule has 2 aliphatic carbocycles. The summed E-state index contributed by atoms with van der Waals surface area (Å²) in [6.45, 7) is 2.13. The van der Waals surface area contributed by atoms with Crippen LogP contribution in [0.4, 0.5) is 5.82 Å². The Hall–Kier alpha value is -1.29. The van der Waals surface area contributed by atoms with Gasteiger partial charge in [-0.2, -0.15) is 0 Å². The topological polar surface area (TPSA) is 54.0 Å². The molecule has 4 unspecified atom stereocenters. The molecule has 21 heavy (non-hydrogen) atoms. The number of carbonyl (C=O) groups is 1. The van der Waals surface area contributed by atoms with E-state index in [1.807, 2.05) is 0 Å². The fourth-order valence-electron chi connectivity index (χ4n) is 4.05. The van der Waals surface area contributed by atoms with Crippen LogP contribution in [0.5, 0.6) is 0 Å². The van der Waals surface area contributed by atoms with Crippen molar-refractivity contribution in [2.75, 3.05) is 12.4 Å². The molecule has 1 aromatic heterocycles. The van der Waals surface area contributed by atoms with E-state index in [9.17, 15) is 4.79 Å². The Labute approximate surface area is 130 Å². The summed E-state index contributed by atoms with van der Waals surface area (Å²) >= 11 is 6.08. The number of nitrogens with one attached hydrogen (secondary N) is 2. The molecule has 5 heteroatoms. The molecule has 2 N–H and O–H groups in total. The van der Waals surface area contributed by atoms with Gasteiger partial charge in [-0.1, -0.05) is 18.0 Å². The lowest BCUT2D eigenvalue weighted by atomic mass is 9.84. The number of amides is 1. The quantitative estimate of drug-likeness (QED) is 0.897. The highest BCUT2D eigenvalue weighted by Gasteiger charge is 2.42. The van der Waals surface area contributed by atoms with Crippen LogP contribution in [0, 0.1) is 17.8 Å².